The lowest BCUT2D eigenvalue weighted by Gasteiger charge is -2.17. The Balaban J connectivity index is 2.24. The summed E-state index contributed by atoms with van der Waals surface area (Å²) >= 11 is 0. The van der Waals surface area contributed by atoms with Gasteiger partial charge in [0.05, 0.1) is 6.10 Å². The fourth-order valence-corrected chi connectivity index (χ4v) is 2.50. The van der Waals surface area contributed by atoms with E-state index in [1.54, 1.807) is 0 Å². The summed E-state index contributed by atoms with van der Waals surface area (Å²) in [6, 6.07) is 4.33. The molecule has 1 nitrogen and oxygen atoms in total. The van der Waals surface area contributed by atoms with Gasteiger partial charge in [-0.25, -0.2) is 0 Å². The van der Waals surface area contributed by atoms with Crippen LogP contribution < -0.4 is 0 Å². The van der Waals surface area contributed by atoms with E-state index in [2.05, 4.69) is 32.9 Å². The molecule has 1 saturated carbocycles. The van der Waals surface area contributed by atoms with E-state index >= 15 is 0 Å². The van der Waals surface area contributed by atoms with E-state index in [9.17, 15) is 5.11 Å². The van der Waals surface area contributed by atoms with Gasteiger partial charge in [-0.05, 0) is 49.8 Å². The first-order chi connectivity index (χ1) is 7.08. The van der Waals surface area contributed by atoms with Crippen molar-refractivity contribution in [3.8, 4) is 0 Å². The van der Waals surface area contributed by atoms with E-state index in [-0.39, 0.29) is 6.10 Å². The number of aliphatic hydroxyl groups excluding tert-OH is 1. The summed E-state index contributed by atoms with van der Waals surface area (Å²) in [7, 11) is 0. The van der Waals surface area contributed by atoms with Crippen LogP contribution in [0.4, 0.5) is 0 Å². The fraction of sp³-hybridized carbons (Fsp3) is 0.571. The highest BCUT2D eigenvalue weighted by Gasteiger charge is 2.26. The highest BCUT2D eigenvalue weighted by atomic mass is 16.3. The van der Waals surface area contributed by atoms with Crippen molar-refractivity contribution in [2.45, 2.75) is 46.1 Å². The normalized spacial score (nSPS) is 17.9. The Morgan fingerprint density at radius 1 is 1.20 bits per heavy atom. The molecular weight excluding hydrogens is 184 g/mol. The molecule has 1 aromatic carbocycles. The lowest BCUT2D eigenvalue weighted by Crippen LogP contribution is -2.04. The van der Waals surface area contributed by atoms with Crippen LogP contribution in [0.5, 0.6) is 0 Å². The first-order valence-corrected chi connectivity index (χ1v) is 5.83. The second-order valence-electron chi connectivity index (χ2n) is 5.01. The summed E-state index contributed by atoms with van der Waals surface area (Å²) in [5.41, 5.74) is 4.92. The summed E-state index contributed by atoms with van der Waals surface area (Å²) in [4.78, 5) is 0. The van der Waals surface area contributed by atoms with Crippen molar-refractivity contribution < 1.29 is 5.11 Å². The van der Waals surface area contributed by atoms with E-state index in [1.165, 1.54) is 29.5 Å². The van der Waals surface area contributed by atoms with E-state index < -0.39 is 0 Å². The molecule has 1 fully saturated rings. The maximum absolute atomic E-state index is 10.2. The smallest absolute Gasteiger partial charge is 0.0797 e. The quantitative estimate of drug-likeness (QED) is 0.799. The minimum Gasteiger partial charge on any atom is -0.388 e. The van der Waals surface area contributed by atoms with Crippen LogP contribution in [0.25, 0.3) is 0 Å². The maximum atomic E-state index is 10.2. The third-order valence-corrected chi connectivity index (χ3v) is 3.32. The van der Waals surface area contributed by atoms with Crippen molar-refractivity contribution in [1.29, 1.82) is 0 Å². The summed E-state index contributed by atoms with van der Waals surface area (Å²) in [5.74, 6) is 0.778. The molecule has 1 atom stereocenters. The van der Waals surface area contributed by atoms with Crippen LogP contribution in [0.3, 0.4) is 0 Å². The van der Waals surface area contributed by atoms with Crippen LogP contribution >= 0.6 is 0 Å². The molecule has 0 bridgehead atoms. The minimum absolute atomic E-state index is 0.252. The third kappa shape index (κ3) is 2.40. The molecule has 1 unspecified atom stereocenters. The van der Waals surface area contributed by atoms with Gasteiger partial charge in [0.2, 0.25) is 0 Å². The summed E-state index contributed by atoms with van der Waals surface area (Å²) in [5, 5.41) is 10.2. The molecule has 82 valence electrons. The van der Waals surface area contributed by atoms with E-state index in [1.807, 2.05) is 0 Å². The molecule has 1 N–H and O–H groups in total. The fourth-order valence-electron chi connectivity index (χ4n) is 2.50. The van der Waals surface area contributed by atoms with E-state index in [0.717, 1.165) is 17.9 Å². The van der Waals surface area contributed by atoms with Crippen molar-refractivity contribution in [2.24, 2.45) is 5.92 Å². The molecule has 0 amide bonds. The lowest BCUT2D eigenvalue weighted by molar-refractivity contribution is 0.159. The second kappa shape index (κ2) is 3.97. The molecular formula is C14H20O. The average molecular weight is 204 g/mol. The van der Waals surface area contributed by atoms with Gasteiger partial charge in [0.15, 0.2) is 0 Å². The molecule has 15 heavy (non-hydrogen) atoms. The number of hydrogen-bond acceptors (Lipinski definition) is 1. The van der Waals surface area contributed by atoms with Gasteiger partial charge in [0.1, 0.15) is 0 Å². The predicted octanol–water partition coefficient (Wildman–Crippen LogP) is 3.45. The number of aryl methyl sites for hydroxylation is 3. The molecule has 0 aromatic heterocycles. The number of benzene rings is 1. The predicted molar refractivity (Wildman–Crippen MR) is 63.0 cm³/mol. The maximum Gasteiger partial charge on any atom is 0.0797 e. The van der Waals surface area contributed by atoms with Crippen molar-refractivity contribution in [3.63, 3.8) is 0 Å². The van der Waals surface area contributed by atoms with E-state index in [0.29, 0.717) is 0 Å². The Morgan fingerprint density at radius 3 is 2.20 bits per heavy atom. The molecule has 1 aliphatic rings. The van der Waals surface area contributed by atoms with Gasteiger partial charge in [-0.2, -0.15) is 0 Å². The van der Waals surface area contributed by atoms with Gasteiger partial charge in [-0.15, -0.1) is 0 Å². The molecule has 0 aliphatic heterocycles. The van der Waals surface area contributed by atoms with Gasteiger partial charge >= 0.3 is 0 Å². The van der Waals surface area contributed by atoms with Gasteiger partial charge in [-0.1, -0.05) is 30.5 Å². The topological polar surface area (TPSA) is 20.2 Å². The Morgan fingerprint density at radius 2 is 1.73 bits per heavy atom. The zero-order chi connectivity index (χ0) is 11.0. The zero-order valence-corrected chi connectivity index (χ0v) is 9.88. The highest BCUT2D eigenvalue weighted by Crippen LogP contribution is 2.39. The van der Waals surface area contributed by atoms with Crippen molar-refractivity contribution in [1.82, 2.24) is 0 Å². The SMILES string of the molecule is Cc1cc(C)c(C(O)CC2CC2)c(C)c1. The Labute approximate surface area is 92.1 Å². The Hall–Kier alpha value is -0.820. The number of rotatable bonds is 3. The van der Waals surface area contributed by atoms with Crippen molar-refractivity contribution in [3.05, 3.63) is 34.4 Å². The molecule has 1 aromatic rings. The van der Waals surface area contributed by atoms with Crippen LogP contribution in [0.2, 0.25) is 0 Å². The summed E-state index contributed by atoms with van der Waals surface area (Å²) < 4.78 is 0. The molecule has 1 aliphatic carbocycles. The van der Waals surface area contributed by atoms with Gasteiger partial charge in [0, 0.05) is 0 Å². The van der Waals surface area contributed by atoms with Gasteiger partial charge in [0.25, 0.3) is 0 Å². The van der Waals surface area contributed by atoms with Crippen LogP contribution in [0.15, 0.2) is 12.1 Å². The standard InChI is InChI=1S/C14H20O/c1-9-6-10(2)14(11(3)7-9)13(15)8-12-4-5-12/h6-7,12-13,15H,4-5,8H2,1-3H3. The van der Waals surface area contributed by atoms with Crippen LogP contribution in [0, 0.1) is 26.7 Å². The lowest BCUT2D eigenvalue weighted by atomic mass is 9.93. The van der Waals surface area contributed by atoms with Gasteiger partial charge < -0.3 is 5.11 Å². The molecule has 2 rings (SSSR count). The molecule has 0 radical (unpaired) electrons. The molecule has 0 saturated heterocycles. The van der Waals surface area contributed by atoms with Crippen LogP contribution in [-0.2, 0) is 0 Å². The molecule has 1 heteroatoms. The van der Waals surface area contributed by atoms with Crippen molar-refractivity contribution in [2.75, 3.05) is 0 Å². The Kier molecular flexibility index (Phi) is 2.83. The Bertz CT molecular complexity index is 341. The summed E-state index contributed by atoms with van der Waals surface area (Å²) in [6.45, 7) is 6.31. The largest absolute Gasteiger partial charge is 0.388 e. The minimum atomic E-state index is -0.252. The summed E-state index contributed by atoms with van der Waals surface area (Å²) in [6.07, 6.45) is 3.31. The third-order valence-electron chi connectivity index (χ3n) is 3.32. The van der Waals surface area contributed by atoms with E-state index in [4.69, 9.17) is 0 Å². The first-order valence-electron chi connectivity index (χ1n) is 5.83. The second-order valence-corrected chi connectivity index (χ2v) is 5.01. The average Bonchev–Trinajstić information content (AvgIpc) is 2.85. The van der Waals surface area contributed by atoms with Crippen LogP contribution in [0.1, 0.15) is 47.6 Å². The highest BCUT2D eigenvalue weighted by molar-refractivity contribution is 5.39. The first kappa shape index (κ1) is 10.7. The molecule has 0 spiro atoms. The molecule has 0 heterocycles. The van der Waals surface area contributed by atoms with Gasteiger partial charge in [-0.3, -0.25) is 0 Å². The monoisotopic (exact) mass is 204 g/mol. The number of hydrogen-bond donors (Lipinski definition) is 1. The zero-order valence-electron chi connectivity index (χ0n) is 9.88. The van der Waals surface area contributed by atoms with Crippen molar-refractivity contribution >= 4 is 0 Å². The number of aliphatic hydroxyl groups is 1. The van der Waals surface area contributed by atoms with Crippen LogP contribution in [-0.4, -0.2) is 5.11 Å².